The number of rotatable bonds is 6. The van der Waals surface area contributed by atoms with E-state index in [1.54, 1.807) is 26.0 Å². The smallest absolute Gasteiger partial charge is 0.395 e. The monoisotopic (exact) mass is 364 g/mol. The molecule has 134 valence electrons. The van der Waals surface area contributed by atoms with Crippen molar-refractivity contribution in [2.24, 2.45) is 11.1 Å². The molecule has 1 aliphatic carbocycles. The summed E-state index contributed by atoms with van der Waals surface area (Å²) in [5.41, 5.74) is -4.12. The maximum absolute atomic E-state index is 12.8. The molecule has 0 unspecified atom stereocenters. The Balaban J connectivity index is 2.36. The third kappa shape index (κ3) is 4.00. The summed E-state index contributed by atoms with van der Waals surface area (Å²) >= 11 is 0. The first-order chi connectivity index (χ1) is 11.0. The molecule has 0 N–H and O–H groups in total. The molecule has 0 spiro atoms. The van der Waals surface area contributed by atoms with E-state index in [1.165, 1.54) is 6.07 Å². The average Bonchev–Trinajstić information content (AvgIpc) is 3.29. The van der Waals surface area contributed by atoms with Crippen LogP contribution in [-0.4, -0.2) is 33.3 Å². The van der Waals surface area contributed by atoms with Gasteiger partial charge in [0.05, 0.1) is 11.4 Å². The highest BCUT2D eigenvalue weighted by Gasteiger charge is 2.49. The van der Waals surface area contributed by atoms with E-state index >= 15 is 0 Å². The number of hydrogen-bond acceptors (Lipinski definition) is 4. The molecule has 1 aromatic rings. The minimum atomic E-state index is -5.48. The maximum atomic E-state index is 12.8. The van der Waals surface area contributed by atoms with Crippen molar-refractivity contribution in [1.29, 1.82) is 0 Å². The average molecular weight is 364 g/mol. The van der Waals surface area contributed by atoms with Crippen LogP contribution in [0.1, 0.15) is 30.9 Å². The van der Waals surface area contributed by atoms with Crippen molar-refractivity contribution in [1.82, 2.24) is 0 Å². The van der Waals surface area contributed by atoms with Gasteiger partial charge in [-0.1, -0.05) is 16.8 Å². The van der Waals surface area contributed by atoms with Crippen molar-refractivity contribution >= 4 is 21.4 Å². The number of halogens is 3. The van der Waals surface area contributed by atoms with Gasteiger partial charge in [0.1, 0.15) is 6.61 Å². The lowest BCUT2D eigenvalue weighted by atomic mass is 10.1. The van der Waals surface area contributed by atoms with Crippen molar-refractivity contribution in [3.05, 3.63) is 29.3 Å². The molecule has 0 amide bonds. The summed E-state index contributed by atoms with van der Waals surface area (Å²) in [7, 11) is -4.61. The molecule has 0 bridgehead atoms. The predicted molar refractivity (Wildman–Crippen MR) is 85.4 cm³/mol. The molecular weight excluding hydrogens is 345 g/mol. The molecule has 2 rings (SSSR count). The van der Waals surface area contributed by atoms with Crippen LogP contribution in [0.15, 0.2) is 23.4 Å². The zero-order valence-electron chi connectivity index (χ0n) is 13.6. The van der Waals surface area contributed by atoms with Crippen LogP contribution in [-0.2, 0) is 14.9 Å². The molecule has 1 saturated carbocycles. The second-order valence-corrected chi connectivity index (χ2v) is 7.82. The summed E-state index contributed by atoms with van der Waals surface area (Å²) in [5, 5.41) is 3.92. The van der Waals surface area contributed by atoms with Gasteiger partial charge in [-0.25, -0.2) is 0 Å². The Morgan fingerprint density at radius 1 is 1.38 bits per heavy atom. The molecule has 0 saturated heterocycles. The minimum absolute atomic E-state index is 0.103. The van der Waals surface area contributed by atoms with E-state index in [2.05, 4.69) is 5.16 Å². The Bertz CT molecular complexity index is 741. The zero-order valence-corrected chi connectivity index (χ0v) is 14.4. The number of sulfonamides is 1. The second-order valence-electron chi connectivity index (χ2n) is 5.85. The summed E-state index contributed by atoms with van der Waals surface area (Å²) in [4.78, 5) is 5.20. The van der Waals surface area contributed by atoms with Crippen molar-refractivity contribution in [2.45, 2.75) is 32.2 Å². The van der Waals surface area contributed by atoms with Gasteiger partial charge in [-0.05, 0) is 44.7 Å². The van der Waals surface area contributed by atoms with Crippen LogP contribution >= 0.6 is 0 Å². The number of anilines is 1. The van der Waals surface area contributed by atoms with E-state index < -0.39 is 15.5 Å². The quantitative estimate of drug-likeness (QED) is 0.574. The lowest BCUT2D eigenvalue weighted by Gasteiger charge is -2.23. The van der Waals surface area contributed by atoms with E-state index in [0.29, 0.717) is 18.2 Å². The van der Waals surface area contributed by atoms with Crippen LogP contribution in [0.2, 0.25) is 0 Å². The number of oxime groups is 1. The maximum Gasteiger partial charge on any atom is 0.516 e. The minimum Gasteiger partial charge on any atom is -0.395 e. The van der Waals surface area contributed by atoms with Gasteiger partial charge >= 0.3 is 15.5 Å². The van der Waals surface area contributed by atoms with Crippen LogP contribution in [0.4, 0.5) is 18.9 Å². The molecule has 9 heteroatoms. The lowest BCUT2D eigenvalue weighted by molar-refractivity contribution is -0.0437. The van der Waals surface area contributed by atoms with Crippen LogP contribution < -0.4 is 4.31 Å². The summed E-state index contributed by atoms with van der Waals surface area (Å²) in [6.45, 7) is 3.78. The Morgan fingerprint density at radius 2 is 2.00 bits per heavy atom. The SMILES string of the molecule is C/C(=N\OCC1CC1)c1cc(C)ccc1N(C)S(=O)(=O)C(F)(F)F. The van der Waals surface area contributed by atoms with Gasteiger partial charge in [0.25, 0.3) is 0 Å². The molecule has 1 aliphatic rings. The Morgan fingerprint density at radius 3 is 2.54 bits per heavy atom. The van der Waals surface area contributed by atoms with Crippen molar-refractivity contribution in [2.75, 3.05) is 18.0 Å². The topological polar surface area (TPSA) is 59.0 Å². The first-order valence-corrected chi connectivity index (χ1v) is 8.81. The van der Waals surface area contributed by atoms with Gasteiger partial charge in [-0.2, -0.15) is 21.6 Å². The Kier molecular flexibility index (Phi) is 5.12. The summed E-state index contributed by atoms with van der Waals surface area (Å²) in [6.07, 6.45) is 2.16. The van der Waals surface area contributed by atoms with E-state index in [-0.39, 0.29) is 15.6 Å². The second kappa shape index (κ2) is 6.62. The normalized spacial score (nSPS) is 16.2. The van der Waals surface area contributed by atoms with Gasteiger partial charge in [0.15, 0.2) is 0 Å². The Labute approximate surface area is 139 Å². The van der Waals surface area contributed by atoms with Crippen LogP contribution in [0, 0.1) is 12.8 Å². The molecule has 0 atom stereocenters. The largest absolute Gasteiger partial charge is 0.516 e. The first-order valence-electron chi connectivity index (χ1n) is 7.37. The van der Waals surface area contributed by atoms with Gasteiger partial charge in [-0.3, -0.25) is 4.31 Å². The van der Waals surface area contributed by atoms with E-state index in [1.807, 2.05) is 0 Å². The van der Waals surface area contributed by atoms with Gasteiger partial charge in [0, 0.05) is 12.6 Å². The fourth-order valence-corrected chi connectivity index (χ4v) is 2.80. The van der Waals surface area contributed by atoms with Crippen molar-refractivity contribution in [3.63, 3.8) is 0 Å². The van der Waals surface area contributed by atoms with Gasteiger partial charge < -0.3 is 4.84 Å². The van der Waals surface area contributed by atoms with Crippen LogP contribution in [0.25, 0.3) is 0 Å². The fourth-order valence-electron chi connectivity index (χ4n) is 2.07. The highest BCUT2D eigenvalue weighted by molar-refractivity contribution is 7.93. The first kappa shape index (κ1) is 18.6. The third-order valence-corrected chi connectivity index (χ3v) is 5.25. The van der Waals surface area contributed by atoms with E-state index in [0.717, 1.165) is 25.5 Å². The van der Waals surface area contributed by atoms with E-state index in [9.17, 15) is 21.6 Å². The molecule has 24 heavy (non-hydrogen) atoms. The number of aryl methyl sites for hydroxylation is 1. The fraction of sp³-hybridized carbons (Fsp3) is 0.533. The zero-order chi connectivity index (χ0) is 18.1. The number of alkyl halides is 3. The van der Waals surface area contributed by atoms with Crippen LogP contribution in [0.3, 0.4) is 0 Å². The van der Waals surface area contributed by atoms with Crippen molar-refractivity contribution in [3.8, 4) is 0 Å². The third-order valence-electron chi connectivity index (χ3n) is 3.74. The van der Waals surface area contributed by atoms with Crippen LogP contribution in [0.5, 0.6) is 0 Å². The number of hydrogen-bond donors (Lipinski definition) is 0. The standard InChI is InChI=1S/C15H19F3N2O3S/c1-10-4-7-14(20(3)24(21,22)15(16,17)18)13(8-10)11(2)19-23-9-12-5-6-12/h4,7-8,12H,5-6,9H2,1-3H3/b19-11+. The molecular formula is C15H19F3N2O3S. The highest BCUT2D eigenvalue weighted by atomic mass is 32.2. The molecule has 5 nitrogen and oxygen atoms in total. The number of nitrogens with zero attached hydrogens (tertiary/aromatic N) is 2. The Hall–Kier alpha value is -1.77. The predicted octanol–water partition coefficient (Wildman–Crippen LogP) is 3.43. The lowest BCUT2D eigenvalue weighted by Crippen LogP contribution is -2.38. The molecule has 1 aromatic carbocycles. The molecule has 0 aromatic heterocycles. The van der Waals surface area contributed by atoms with Crippen molar-refractivity contribution < 1.29 is 26.4 Å². The molecule has 1 fully saturated rings. The van der Waals surface area contributed by atoms with E-state index in [4.69, 9.17) is 4.84 Å². The summed E-state index contributed by atoms with van der Waals surface area (Å²) in [6, 6.07) is 4.45. The summed E-state index contributed by atoms with van der Waals surface area (Å²) < 4.78 is 61.9. The summed E-state index contributed by atoms with van der Waals surface area (Å²) in [5.74, 6) is 0.479. The van der Waals surface area contributed by atoms with Gasteiger partial charge in [-0.15, -0.1) is 0 Å². The highest BCUT2D eigenvalue weighted by Crippen LogP contribution is 2.32. The molecule has 0 aliphatic heterocycles. The molecule has 0 radical (unpaired) electrons. The molecule has 0 heterocycles. The van der Waals surface area contributed by atoms with Gasteiger partial charge in [0.2, 0.25) is 0 Å². The number of benzene rings is 1.